The largest absolute Gasteiger partial charge is 0.207 e. The molecule has 0 bridgehead atoms. The highest BCUT2D eigenvalue weighted by Gasteiger charge is 2.11. The minimum absolute atomic E-state index is 0.0663. The minimum Gasteiger partial charge on any atom is -0.207 e. The summed E-state index contributed by atoms with van der Waals surface area (Å²) in [7, 11) is 0. The van der Waals surface area contributed by atoms with Crippen molar-refractivity contribution in [1.82, 2.24) is 0 Å². The van der Waals surface area contributed by atoms with Gasteiger partial charge in [-0.2, -0.15) is 0 Å². The van der Waals surface area contributed by atoms with Gasteiger partial charge in [0, 0.05) is 5.38 Å². The van der Waals surface area contributed by atoms with E-state index in [2.05, 4.69) is 0 Å². The van der Waals surface area contributed by atoms with Crippen molar-refractivity contribution >= 4 is 11.6 Å². The lowest BCUT2D eigenvalue weighted by atomic mass is 9.96. The van der Waals surface area contributed by atoms with Crippen LogP contribution >= 0.6 is 11.6 Å². The molecule has 0 spiro atoms. The molecular formula is C12H15ClF2. The third kappa shape index (κ3) is 4.17. The molecule has 0 saturated carbocycles. The second-order valence-electron chi connectivity index (χ2n) is 4.06. The SMILES string of the molecule is CC(Cl)CC(C)Cc1cc(F)ccc1F. The van der Waals surface area contributed by atoms with Gasteiger partial charge in [-0.3, -0.25) is 0 Å². The number of hydrogen-bond donors (Lipinski definition) is 0. The van der Waals surface area contributed by atoms with Gasteiger partial charge in [0.15, 0.2) is 0 Å². The lowest BCUT2D eigenvalue weighted by molar-refractivity contribution is 0.502. The monoisotopic (exact) mass is 232 g/mol. The van der Waals surface area contributed by atoms with Gasteiger partial charge in [0.2, 0.25) is 0 Å². The molecule has 0 fully saturated rings. The predicted octanol–water partition coefficient (Wildman–Crippen LogP) is 4.16. The van der Waals surface area contributed by atoms with Crippen molar-refractivity contribution in [2.75, 3.05) is 0 Å². The first-order valence-electron chi connectivity index (χ1n) is 5.07. The lowest BCUT2D eigenvalue weighted by Gasteiger charge is -2.13. The van der Waals surface area contributed by atoms with E-state index < -0.39 is 5.82 Å². The average molecular weight is 233 g/mol. The maximum atomic E-state index is 13.3. The third-order valence-corrected chi connectivity index (χ3v) is 2.48. The van der Waals surface area contributed by atoms with Gasteiger partial charge in [-0.1, -0.05) is 6.92 Å². The molecule has 2 unspecified atom stereocenters. The van der Waals surface area contributed by atoms with Crippen molar-refractivity contribution in [3.05, 3.63) is 35.4 Å². The van der Waals surface area contributed by atoms with Crippen LogP contribution in [-0.2, 0) is 6.42 Å². The van der Waals surface area contributed by atoms with Crippen LogP contribution < -0.4 is 0 Å². The summed E-state index contributed by atoms with van der Waals surface area (Å²) in [6.45, 7) is 3.89. The Bertz CT molecular complexity index is 323. The van der Waals surface area contributed by atoms with E-state index in [1.807, 2.05) is 13.8 Å². The Balaban J connectivity index is 2.67. The van der Waals surface area contributed by atoms with Crippen LogP contribution in [-0.4, -0.2) is 5.38 Å². The summed E-state index contributed by atoms with van der Waals surface area (Å²) in [5.41, 5.74) is 0.430. The van der Waals surface area contributed by atoms with Crippen molar-refractivity contribution in [3.63, 3.8) is 0 Å². The highest BCUT2D eigenvalue weighted by atomic mass is 35.5. The van der Waals surface area contributed by atoms with E-state index in [9.17, 15) is 8.78 Å². The van der Waals surface area contributed by atoms with Gasteiger partial charge in [-0.25, -0.2) is 8.78 Å². The Hall–Kier alpha value is -0.630. The van der Waals surface area contributed by atoms with Crippen LogP contribution in [0.25, 0.3) is 0 Å². The maximum absolute atomic E-state index is 13.3. The Morgan fingerprint density at radius 2 is 1.93 bits per heavy atom. The first kappa shape index (κ1) is 12.4. The van der Waals surface area contributed by atoms with Gasteiger partial charge in [0.05, 0.1) is 0 Å². The van der Waals surface area contributed by atoms with Crippen molar-refractivity contribution in [3.8, 4) is 0 Å². The molecule has 1 aromatic rings. The van der Waals surface area contributed by atoms with Crippen LogP contribution in [0, 0.1) is 17.6 Å². The molecule has 3 heteroatoms. The lowest BCUT2D eigenvalue weighted by Crippen LogP contribution is -2.07. The molecule has 2 atom stereocenters. The normalized spacial score (nSPS) is 15.0. The predicted molar refractivity (Wildman–Crippen MR) is 59.2 cm³/mol. The van der Waals surface area contributed by atoms with Crippen molar-refractivity contribution in [2.24, 2.45) is 5.92 Å². The maximum Gasteiger partial charge on any atom is 0.126 e. The van der Waals surface area contributed by atoms with Crippen molar-refractivity contribution in [2.45, 2.75) is 32.1 Å². The van der Waals surface area contributed by atoms with Gasteiger partial charge >= 0.3 is 0 Å². The zero-order chi connectivity index (χ0) is 11.4. The first-order valence-corrected chi connectivity index (χ1v) is 5.50. The van der Waals surface area contributed by atoms with Crippen LogP contribution in [0.1, 0.15) is 25.8 Å². The fraction of sp³-hybridized carbons (Fsp3) is 0.500. The zero-order valence-corrected chi connectivity index (χ0v) is 9.69. The Labute approximate surface area is 94.3 Å². The second kappa shape index (κ2) is 5.45. The van der Waals surface area contributed by atoms with Crippen LogP contribution in [0.2, 0.25) is 0 Å². The Morgan fingerprint density at radius 1 is 1.27 bits per heavy atom. The molecule has 0 aliphatic heterocycles. The molecule has 15 heavy (non-hydrogen) atoms. The highest BCUT2D eigenvalue weighted by Crippen LogP contribution is 2.19. The van der Waals surface area contributed by atoms with Gasteiger partial charge in [0.1, 0.15) is 11.6 Å². The molecule has 0 nitrogen and oxygen atoms in total. The molecular weight excluding hydrogens is 218 g/mol. The first-order chi connectivity index (χ1) is 6.99. The zero-order valence-electron chi connectivity index (χ0n) is 8.93. The topological polar surface area (TPSA) is 0 Å². The van der Waals surface area contributed by atoms with Gasteiger partial charge in [-0.15, -0.1) is 11.6 Å². The van der Waals surface area contributed by atoms with E-state index in [1.165, 1.54) is 12.1 Å². The van der Waals surface area contributed by atoms with Crippen LogP contribution in [0.15, 0.2) is 18.2 Å². The molecule has 1 aromatic carbocycles. The molecule has 1 rings (SSSR count). The minimum atomic E-state index is -0.391. The molecule has 0 aliphatic carbocycles. The highest BCUT2D eigenvalue weighted by molar-refractivity contribution is 6.20. The summed E-state index contributed by atoms with van der Waals surface area (Å²) in [6.07, 6.45) is 1.33. The number of rotatable bonds is 4. The summed E-state index contributed by atoms with van der Waals surface area (Å²) in [5, 5.41) is 0.0663. The molecule has 0 aliphatic rings. The Kier molecular flexibility index (Phi) is 4.52. The molecule has 0 N–H and O–H groups in total. The summed E-state index contributed by atoms with van der Waals surface area (Å²) >= 11 is 5.84. The van der Waals surface area contributed by atoms with Gasteiger partial charge < -0.3 is 0 Å². The average Bonchev–Trinajstić information content (AvgIpc) is 2.10. The molecule has 0 amide bonds. The summed E-state index contributed by atoms with van der Waals surface area (Å²) in [6, 6.07) is 3.56. The van der Waals surface area contributed by atoms with Gasteiger partial charge in [-0.05, 0) is 49.4 Å². The molecule has 84 valence electrons. The van der Waals surface area contributed by atoms with E-state index in [1.54, 1.807) is 0 Å². The van der Waals surface area contributed by atoms with Crippen LogP contribution in [0.3, 0.4) is 0 Å². The van der Waals surface area contributed by atoms with E-state index in [0.29, 0.717) is 12.0 Å². The van der Waals surface area contributed by atoms with Crippen LogP contribution in [0.5, 0.6) is 0 Å². The molecule has 0 saturated heterocycles. The fourth-order valence-electron chi connectivity index (χ4n) is 1.71. The van der Waals surface area contributed by atoms with E-state index in [0.717, 1.165) is 12.5 Å². The second-order valence-corrected chi connectivity index (χ2v) is 4.81. The van der Waals surface area contributed by atoms with E-state index in [-0.39, 0.29) is 17.1 Å². The van der Waals surface area contributed by atoms with E-state index in [4.69, 9.17) is 11.6 Å². The number of benzene rings is 1. The number of hydrogen-bond acceptors (Lipinski definition) is 0. The fourth-order valence-corrected chi connectivity index (χ4v) is 2.02. The molecule has 0 heterocycles. The Morgan fingerprint density at radius 3 is 2.53 bits per heavy atom. The third-order valence-electron chi connectivity index (χ3n) is 2.30. The summed E-state index contributed by atoms with van der Waals surface area (Å²) in [5.74, 6) is -0.475. The molecule has 0 aromatic heterocycles. The van der Waals surface area contributed by atoms with Crippen LogP contribution in [0.4, 0.5) is 8.78 Å². The molecule has 0 radical (unpaired) electrons. The quantitative estimate of drug-likeness (QED) is 0.684. The van der Waals surface area contributed by atoms with Crippen molar-refractivity contribution < 1.29 is 8.78 Å². The summed E-state index contributed by atoms with van der Waals surface area (Å²) < 4.78 is 26.1. The number of halogens is 3. The van der Waals surface area contributed by atoms with E-state index >= 15 is 0 Å². The van der Waals surface area contributed by atoms with Crippen molar-refractivity contribution in [1.29, 1.82) is 0 Å². The van der Waals surface area contributed by atoms with Gasteiger partial charge in [0.25, 0.3) is 0 Å². The number of alkyl halides is 1. The summed E-state index contributed by atoms with van der Waals surface area (Å²) in [4.78, 5) is 0. The standard InChI is InChI=1S/C12H15ClF2/c1-8(5-9(2)13)6-10-7-11(14)3-4-12(10)15/h3-4,7-9H,5-6H2,1-2H3. The smallest absolute Gasteiger partial charge is 0.126 e.